The van der Waals surface area contributed by atoms with Gasteiger partial charge in [-0.1, -0.05) is 23.2 Å². The molecule has 2 rings (SSSR count). The van der Waals surface area contributed by atoms with Crippen LogP contribution in [-0.4, -0.2) is 24.0 Å². The second-order valence-electron chi connectivity index (χ2n) is 4.57. The first-order valence-corrected chi connectivity index (χ1v) is 7.35. The first kappa shape index (κ1) is 17.6. The van der Waals surface area contributed by atoms with Crippen molar-refractivity contribution in [2.45, 2.75) is 0 Å². The number of aromatic amines is 1. The number of benzene rings is 1. The Morgan fingerprint density at radius 3 is 2.67 bits per heavy atom. The molecule has 2 aromatic rings. The van der Waals surface area contributed by atoms with Gasteiger partial charge >= 0.3 is 5.97 Å². The van der Waals surface area contributed by atoms with Crippen LogP contribution in [0.25, 0.3) is 6.08 Å². The van der Waals surface area contributed by atoms with Crippen LogP contribution in [0.1, 0.15) is 16.2 Å². The van der Waals surface area contributed by atoms with Crippen LogP contribution in [0.2, 0.25) is 10.0 Å². The number of nitriles is 1. The van der Waals surface area contributed by atoms with Crippen LogP contribution < -0.4 is 5.32 Å². The van der Waals surface area contributed by atoms with Crippen molar-refractivity contribution in [1.29, 1.82) is 5.26 Å². The Hall–Kier alpha value is -2.75. The number of hydrogen-bond donors (Lipinski definition) is 2. The van der Waals surface area contributed by atoms with Gasteiger partial charge in [0.05, 0.1) is 17.8 Å². The number of rotatable bonds is 4. The molecule has 0 spiro atoms. The van der Waals surface area contributed by atoms with Crippen molar-refractivity contribution in [2.75, 3.05) is 12.4 Å². The van der Waals surface area contributed by atoms with Gasteiger partial charge in [-0.3, -0.25) is 4.79 Å². The van der Waals surface area contributed by atoms with Crippen LogP contribution in [0, 0.1) is 11.3 Å². The average molecular weight is 364 g/mol. The molecule has 6 nitrogen and oxygen atoms in total. The van der Waals surface area contributed by atoms with Crippen LogP contribution in [0.5, 0.6) is 0 Å². The second-order valence-corrected chi connectivity index (χ2v) is 5.41. The van der Waals surface area contributed by atoms with Crippen molar-refractivity contribution >= 4 is 46.8 Å². The minimum absolute atomic E-state index is 0.167. The summed E-state index contributed by atoms with van der Waals surface area (Å²) in [6.07, 6.45) is 1.31. The van der Waals surface area contributed by atoms with E-state index in [1.165, 1.54) is 31.4 Å². The standard InChI is InChI=1S/C16H11Cl2N3O3/c1-24-16(23)14-5-3-11(20-14)6-9(8-19)15(22)21-13-4-2-10(17)7-12(13)18/h2-7,20H,1H3,(H,21,22). The molecule has 0 bridgehead atoms. The van der Waals surface area contributed by atoms with E-state index in [0.29, 0.717) is 16.4 Å². The normalized spacial score (nSPS) is 10.8. The van der Waals surface area contributed by atoms with E-state index in [0.717, 1.165) is 0 Å². The lowest BCUT2D eigenvalue weighted by Gasteiger charge is -2.06. The Bertz CT molecular complexity index is 866. The molecular weight excluding hydrogens is 353 g/mol. The number of hydrogen-bond acceptors (Lipinski definition) is 4. The number of anilines is 1. The van der Waals surface area contributed by atoms with Crippen molar-refractivity contribution in [2.24, 2.45) is 0 Å². The zero-order valence-electron chi connectivity index (χ0n) is 12.4. The summed E-state index contributed by atoms with van der Waals surface area (Å²) in [6.45, 7) is 0. The molecule has 0 fully saturated rings. The van der Waals surface area contributed by atoms with E-state index in [2.05, 4.69) is 15.0 Å². The molecule has 0 saturated heterocycles. The second kappa shape index (κ2) is 7.68. The Kier molecular flexibility index (Phi) is 5.64. The van der Waals surface area contributed by atoms with E-state index < -0.39 is 11.9 Å². The fraction of sp³-hybridized carbons (Fsp3) is 0.0625. The number of carbonyl (C=O) groups excluding carboxylic acids is 2. The number of nitrogens with zero attached hydrogens (tertiary/aromatic N) is 1. The zero-order chi connectivity index (χ0) is 17.7. The molecule has 2 N–H and O–H groups in total. The molecular formula is C16H11Cl2N3O3. The molecule has 1 heterocycles. The largest absolute Gasteiger partial charge is 0.464 e. The van der Waals surface area contributed by atoms with Crippen LogP contribution in [-0.2, 0) is 9.53 Å². The Balaban J connectivity index is 2.21. The van der Waals surface area contributed by atoms with Crippen LogP contribution in [0.4, 0.5) is 5.69 Å². The Morgan fingerprint density at radius 2 is 2.04 bits per heavy atom. The number of nitrogens with one attached hydrogen (secondary N) is 2. The number of amides is 1. The summed E-state index contributed by atoms with van der Waals surface area (Å²) >= 11 is 11.8. The van der Waals surface area contributed by atoms with E-state index in [1.807, 2.05) is 0 Å². The highest BCUT2D eigenvalue weighted by Crippen LogP contribution is 2.25. The predicted molar refractivity (Wildman–Crippen MR) is 90.8 cm³/mol. The highest BCUT2D eigenvalue weighted by Gasteiger charge is 2.13. The van der Waals surface area contributed by atoms with Crippen molar-refractivity contribution in [1.82, 2.24) is 4.98 Å². The predicted octanol–water partition coefficient (Wildman–Crippen LogP) is 3.65. The quantitative estimate of drug-likeness (QED) is 0.492. The lowest BCUT2D eigenvalue weighted by Crippen LogP contribution is -2.13. The number of esters is 1. The summed E-state index contributed by atoms with van der Waals surface area (Å²) < 4.78 is 4.57. The molecule has 0 unspecified atom stereocenters. The molecule has 8 heteroatoms. The topological polar surface area (TPSA) is 95.0 Å². The van der Waals surface area contributed by atoms with E-state index in [-0.39, 0.29) is 16.3 Å². The molecule has 24 heavy (non-hydrogen) atoms. The minimum atomic E-state index is -0.643. The third-order valence-electron chi connectivity index (χ3n) is 2.96. The van der Waals surface area contributed by atoms with E-state index >= 15 is 0 Å². The maximum atomic E-state index is 12.2. The van der Waals surface area contributed by atoms with Gasteiger partial charge in [-0.2, -0.15) is 5.26 Å². The molecule has 122 valence electrons. The van der Waals surface area contributed by atoms with Gasteiger partial charge in [0, 0.05) is 10.7 Å². The third kappa shape index (κ3) is 4.16. The summed E-state index contributed by atoms with van der Waals surface area (Å²) in [6, 6.07) is 9.40. The third-order valence-corrected chi connectivity index (χ3v) is 3.51. The summed E-state index contributed by atoms with van der Waals surface area (Å²) in [4.78, 5) is 26.3. The summed E-state index contributed by atoms with van der Waals surface area (Å²) in [5, 5.41) is 12.4. The van der Waals surface area contributed by atoms with Gasteiger partial charge in [0.2, 0.25) is 0 Å². The monoisotopic (exact) mass is 363 g/mol. The van der Waals surface area contributed by atoms with Crippen LogP contribution in [0.15, 0.2) is 35.9 Å². The van der Waals surface area contributed by atoms with Gasteiger partial charge in [-0.05, 0) is 36.4 Å². The zero-order valence-corrected chi connectivity index (χ0v) is 13.9. The van der Waals surface area contributed by atoms with E-state index in [4.69, 9.17) is 23.2 Å². The van der Waals surface area contributed by atoms with Crippen LogP contribution in [0.3, 0.4) is 0 Å². The lowest BCUT2D eigenvalue weighted by atomic mass is 10.2. The molecule has 1 aromatic carbocycles. The summed E-state index contributed by atoms with van der Waals surface area (Å²) in [7, 11) is 1.25. The van der Waals surface area contributed by atoms with E-state index in [9.17, 15) is 14.9 Å². The highest BCUT2D eigenvalue weighted by molar-refractivity contribution is 6.36. The number of ether oxygens (including phenoxy) is 1. The fourth-order valence-corrected chi connectivity index (χ4v) is 2.27. The number of aromatic nitrogens is 1. The van der Waals surface area contributed by atoms with Gasteiger partial charge < -0.3 is 15.0 Å². The highest BCUT2D eigenvalue weighted by atomic mass is 35.5. The average Bonchev–Trinajstić information content (AvgIpc) is 3.03. The summed E-state index contributed by atoms with van der Waals surface area (Å²) in [5.41, 5.74) is 0.778. The fourth-order valence-electron chi connectivity index (χ4n) is 1.81. The van der Waals surface area contributed by atoms with Gasteiger partial charge in [-0.25, -0.2) is 4.79 Å². The molecule has 0 saturated carbocycles. The van der Waals surface area contributed by atoms with Gasteiger partial charge in [0.25, 0.3) is 5.91 Å². The number of carbonyl (C=O) groups is 2. The molecule has 0 aliphatic carbocycles. The molecule has 1 aromatic heterocycles. The van der Waals surface area contributed by atoms with Crippen molar-refractivity contribution in [3.05, 3.63) is 57.3 Å². The lowest BCUT2D eigenvalue weighted by molar-refractivity contribution is -0.112. The van der Waals surface area contributed by atoms with Gasteiger partial charge in [0.15, 0.2) is 0 Å². The molecule has 0 radical (unpaired) electrons. The van der Waals surface area contributed by atoms with Crippen LogP contribution >= 0.6 is 23.2 Å². The van der Waals surface area contributed by atoms with Crippen molar-refractivity contribution in [3.63, 3.8) is 0 Å². The Morgan fingerprint density at radius 1 is 1.29 bits per heavy atom. The molecule has 0 aliphatic rings. The van der Waals surface area contributed by atoms with Gasteiger partial charge in [-0.15, -0.1) is 0 Å². The Labute approximate surface area is 147 Å². The van der Waals surface area contributed by atoms with Gasteiger partial charge in [0.1, 0.15) is 17.3 Å². The SMILES string of the molecule is COC(=O)c1ccc(C=C(C#N)C(=O)Nc2ccc(Cl)cc2Cl)[nH]1. The minimum Gasteiger partial charge on any atom is -0.464 e. The molecule has 0 aliphatic heterocycles. The van der Waals surface area contributed by atoms with Crippen molar-refractivity contribution < 1.29 is 14.3 Å². The maximum Gasteiger partial charge on any atom is 0.354 e. The smallest absolute Gasteiger partial charge is 0.354 e. The number of halogens is 2. The first-order chi connectivity index (χ1) is 11.4. The maximum absolute atomic E-state index is 12.2. The molecule has 0 atom stereocenters. The number of methoxy groups -OCH3 is 1. The molecule has 1 amide bonds. The number of H-pyrrole nitrogens is 1. The summed E-state index contributed by atoms with van der Waals surface area (Å²) in [5.74, 6) is -1.19. The first-order valence-electron chi connectivity index (χ1n) is 6.60. The van der Waals surface area contributed by atoms with Crippen molar-refractivity contribution in [3.8, 4) is 6.07 Å². The van der Waals surface area contributed by atoms with E-state index in [1.54, 1.807) is 18.2 Å².